The van der Waals surface area contributed by atoms with Crippen LogP contribution in [0.15, 0.2) is 22.8 Å². The van der Waals surface area contributed by atoms with Crippen LogP contribution in [0.4, 0.5) is 13.2 Å². The second-order valence-corrected chi connectivity index (χ2v) is 6.09. The standard InChI is InChI=1S/C15H21F3N2O2/c1-10(2)11-8-20(6-5-15(16,17)18)9-12(11)19-14(21)13-4-3-7-22-13/h3-4,7,10-12H,5-6,8-9H2,1-2H3,(H,19,21)/t11-,12+/m0/s1. The molecule has 4 nitrogen and oxygen atoms in total. The van der Waals surface area contributed by atoms with Crippen LogP contribution in [0.2, 0.25) is 0 Å². The second kappa shape index (κ2) is 6.73. The van der Waals surface area contributed by atoms with Crippen LogP contribution < -0.4 is 5.32 Å². The summed E-state index contributed by atoms with van der Waals surface area (Å²) in [6.07, 6.45) is -3.56. The van der Waals surface area contributed by atoms with E-state index in [-0.39, 0.29) is 36.1 Å². The lowest BCUT2D eigenvalue weighted by atomic mass is 9.91. The average Bonchev–Trinajstić information content (AvgIpc) is 3.04. The van der Waals surface area contributed by atoms with Crippen LogP contribution >= 0.6 is 0 Å². The Morgan fingerprint density at radius 2 is 2.18 bits per heavy atom. The number of nitrogens with zero attached hydrogens (tertiary/aromatic N) is 1. The Morgan fingerprint density at radius 1 is 1.45 bits per heavy atom. The minimum absolute atomic E-state index is 0.0279. The Labute approximate surface area is 127 Å². The van der Waals surface area contributed by atoms with Gasteiger partial charge in [0.15, 0.2) is 5.76 Å². The summed E-state index contributed by atoms with van der Waals surface area (Å²) in [5.41, 5.74) is 0. The summed E-state index contributed by atoms with van der Waals surface area (Å²) in [6, 6.07) is 3.03. The number of carbonyl (C=O) groups excluding carboxylic acids is 1. The molecular formula is C15H21F3N2O2. The maximum atomic E-state index is 12.3. The van der Waals surface area contributed by atoms with Crippen molar-refractivity contribution in [1.82, 2.24) is 10.2 Å². The maximum absolute atomic E-state index is 12.3. The lowest BCUT2D eigenvalue weighted by Gasteiger charge is -2.22. The van der Waals surface area contributed by atoms with Gasteiger partial charge in [-0.15, -0.1) is 0 Å². The molecule has 2 atom stereocenters. The zero-order chi connectivity index (χ0) is 16.3. The molecule has 1 aliphatic heterocycles. The van der Waals surface area contributed by atoms with Gasteiger partial charge in [-0.25, -0.2) is 0 Å². The molecule has 0 aliphatic carbocycles. The van der Waals surface area contributed by atoms with Crippen molar-refractivity contribution in [1.29, 1.82) is 0 Å². The number of rotatable bonds is 5. The molecule has 0 saturated carbocycles. The van der Waals surface area contributed by atoms with Crippen molar-refractivity contribution in [2.45, 2.75) is 32.5 Å². The van der Waals surface area contributed by atoms with E-state index in [2.05, 4.69) is 5.32 Å². The van der Waals surface area contributed by atoms with Gasteiger partial charge in [0.2, 0.25) is 0 Å². The fourth-order valence-electron chi connectivity index (χ4n) is 2.86. The lowest BCUT2D eigenvalue weighted by Crippen LogP contribution is -2.42. The van der Waals surface area contributed by atoms with Crippen LogP contribution in [0.5, 0.6) is 0 Å². The number of likely N-dealkylation sites (tertiary alicyclic amines) is 1. The first-order valence-electron chi connectivity index (χ1n) is 7.40. The van der Waals surface area contributed by atoms with Gasteiger partial charge in [0.1, 0.15) is 0 Å². The highest BCUT2D eigenvalue weighted by atomic mass is 19.4. The third kappa shape index (κ3) is 4.50. The van der Waals surface area contributed by atoms with Crippen molar-refractivity contribution < 1.29 is 22.4 Å². The lowest BCUT2D eigenvalue weighted by molar-refractivity contribution is -0.137. The Hall–Kier alpha value is -1.50. The van der Waals surface area contributed by atoms with Gasteiger partial charge in [0, 0.05) is 25.7 Å². The minimum Gasteiger partial charge on any atom is -0.459 e. The number of hydrogen-bond donors (Lipinski definition) is 1. The van der Waals surface area contributed by atoms with E-state index < -0.39 is 12.6 Å². The molecule has 7 heteroatoms. The summed E-state index contributed by atoms with van der Waals surface area (Å²) in [5, 5.41) is 2.88. The zero-order valence-corrected chi connectivity index (χ0v) is 12.7. The van der Waals surface area contributed by atoms with Crippen molar-refractivity contribution in [3.05, 3.63) is 24.2 Å². The smallest absolute Gasteiger partial charge is 0.390 e. The molecule has 1 amide bonds. The van der Waals surface area contributed by atoms with E-state index in [1.807, 2.05) is 13.8 Å². The number of carbonyl (C=O) groups is 1. The molecule has 1 saturated heterocycles. The molecule has 0 spiro atoms. The first-order valence-corrected chi connectivity index (χ1v) is 7.40. The van der Waals surface area contributed by atoms with Crippen LogP contribution in [0.25, 0.3) is 0 Å². The third-order valence-corrected chi connectivity index (χ3v) is 4.07. The number of hydrogen-bond acceptors (Lipinski definition) is 3. The van der Waals surface area contributed by atoms with Crippen LogP contribution in [-0.4, -0.2) is 42.7 Å². The van der Waals surface area contributed by atoms with Crippen LogP contribution in [0, 0.1) is 11.8 Å². The summed E-state index contributed by atoms with van der Waals surface area (Å²) in [6.45, 7) is 5.01. The van der Waals surface area contributed by atoms with Gasteiger partial charge in [-0.2, -0.15) is 13.2 Å². The van der Waals surface area contributed by atoms with Crippen molar-refractivity contribution in [3.63, 3.8) is 0 Å². The highest BCUT2D eigenvalue weighted by Gasteiger charge is 2.37. The highest BCUT2D eigenvalue weighted by Crippen LogP contribution is 2.27. The number of nitrogens with one attached hydrogen (secondary N) is 1. The molecule has 0 bridgehead atoms. The Bertz CT molecular complexity index is 485. The number of halogens is 3. The Kier molecular flexibility index (Phi) is 5.16. The monoisotopic (exact) mass is 318 g/mol. The first kappa shape index (κ1) is 16.9. The quantitative estimate of drug-likeness (QED) is 0.908. The van der Waals surface area contributed by atoms with Crippen molar-refractivity contribution in [2.24, 2.45) is 11.8 Å². The SMILES string of the molecule is CC(C)[C@@H]1CN(CCC(F)(F)F)C[C@H]1NC(=O)c1ccco1. The van der Waals surface area contributed by atoms with E-state index in [0.717, 1.165) is 0 Å². The van der Waals surface area contributed by atoms with Crippen molar-refractivity contribution in [2.75, 3.05) is 19.6 Å². The number of amides is 1. The topological polar surface area (TPSA) is 45.5 Å². The molecule has 1 aromatic heterocycles. The maximum Gasteiger partial charge on any atom is 0.390 e. The van der Waals surface area contributed by atoms with Crippen molar-refractivity contribution >= 4 is 5.91 Å². The van der Waals surface area contributed by atoms with Gasteiger partial charge in [-0.05, 0) is 24.0 Å². The second-order valence-electron chi connectivity index (χ2n) is 6.09. The summed E-state index contributed by atoms with van der Waals surface area (Å²) < 4.78 is 42.1. The molecule has 0 unspecified atom stereocenters. The molecule has 1 fully saturated rings. The van der Waals surface area contributed by atoms with Gasteiger partial charge in [-0.1, -0.05) is 13.8 Å². The first-order chi connectivity index (χ1) is 10.3. The fourth-order valence-corrected chi connectivity index (χ4v) is 2.86. The highest BCUT2D eigenvalue weighted by molar-refractivity contribution is 5.91. The van der Waals surface area contributed by atoms with E-state index in [4.69, 9.17) is 4.42 Å². The Morgan fingerprint density at radius 3 is 2.73 bits per heavy atom. The molecule has 124 valence electrons. The molecule has 0 radical (unpaired) electrons. The summed E-state index contributed by atoms with van der Waals surface area (Å²) in [5.74, 6) is 0.305. The Balaban J connectivity index is 1.95. The van der Waals surface area contributed by atoms with E-state index in [0.29, 0.717) is 13.1 Å². The van der Waals surface area contributed by atoms with Gasteiger partial charge >= 0.3 is 6.18 Å². The van der Waals surface area contributed by atoms with Gasteiger partial charge in [-0.3, -0.25) is 4.79 Å². The molecule has 1 aromatic rings. The normalized spacial score (nSPS) is 23.2. The summed E-state index contributed by atoms with van der Waals surface area (Å²) in [4.78, 5) is 13.8. The third-order valence-electron chi connectivity index (χ3n) is 4.07. The predicted molar refractivity (Wildman–Crippen MR) is 75.4 cm³/mol. The number of furan rings is 1. The summed E-state index contributed by atoms with van der Waals surface area (Å²) >= 11 is 0. The van der Waals surface area contributed by atoms with Crippen molar-refractivity contribution in [3.8, 4) is 0 Å². The molecule has 1 N–H and O–H groups in total. The molecule has 2 heterocycles. The minimum atomic E-state index is -4.15. The van der Waals surface area contributed by atoms with E-state index in [9.17, 15) is 18.0 Å². The largest absolute Gasteiger partial charge is 0.459 e. The van der Waals surface area contributed by atoms with Crippen LogP contribution in [-0.2, 0) is 0 Å². The molecule has 22 heavy (non-hydrogen) atoms. The summed E-state index contributed by atoms with van der Waals surface area (Å²) in [7, 11) is 0. The van der Waals surface area contributed by atoms with Crippen LogP contribution in [0.3, 0.4) is 0 Å². The van der Waals surface area contributed by atoms with Gasteiger partial charge in [0.05, 0.1) is 12.7 Å². The fraction of sp³-hybridized carbons (Fsp3) is 0.667. The average molecular weight is 318 g/mol. The molecule has 0 aromatic carbocycles. The predicted octanol–water partition coefficient (Wildman–Crippen LogP) is 2.92. The number of alkyl halides is 3. The molecular weight excluding hydrogens is 297 g/mol. The van der Waals surface area contributed by atoms with Crippen LogP contribution in [0.1, 0.15) is 30.8 Å². The van der Waals surface area contributed by atoms with Gasteiger partial charge < -0.3 is 14.6 Å². The van der Waals surface area contributed by atoms with E-state index in [1.165, 1.54) is 6.26 Å². The molecule has 2 rings (SSSR count). The van der Waals surface area contributed by atoms with Gasteiger partial charge in [0.25, 0.3) is 5.91 Å². The zero-order valence-electron chi connectivity index (χ0n) is 12.7. The molecule has 1 aliphatic rings. The van der Waals surface area contributed by atoms with E-state index >= 15 is 0 Å². The van der Waals surface area contributed by atoms with E-state index in [1.54, 1.807) is 17.0 Å².